The topological polar surface area (TPSA) is 22.9 Å². The third kappa shape index (κ3) is 3.36. The lowest BCUT2D eigenvalue weighted by Crippen LogP contribution is -3.17. The lowest BCUT2D eigenvalue weighted by atomic mass is 9.86. The van der Waals surface area contributed by atoms with Crippen LogP contribution in [0.4, 0.5) is 0 Å². The molecule has 0 amide bonds. The highest BCUT2D eigenvalue weighted by molar-refractivity contribution is 6.30. The van der Waals surface area contributed by atoms with Crippen molar-refractivity contribution in [1.29, 1.82) is 0 Å². The summed E-state index contributed by atoms with van der Waals surface area (Å²) in [5.41, 5.74) is 6.93. The molecule has 0 bridgehead atoms. The van der Waals surface area contributed by atoms with E-state index in [0.717, 1.165) is 42.3 Å². The quantitative estimate of drug-likeness (QED) is 0.688. The summed E-state index contributed by atoms with van der Waals surface area (Å²) >= 11 is 6.42. The highest BCUT2D eigenvalue weighted by atomic mass is 35.5. The zero-order valence-electron chi connectivity index (χ0n) is 17.5. The van der Waals surface area contributed by atoms with Gasteiger partial charge in [0, 0.05) is 35.4 Å². The summed E-state index contributed by atoms with van der Waals surface area (Å²) in [5.74, 6) is 1.59. The minimum Gasteiger partial charge on any atom is -0.493 e. The van der Waals surface area contributed by atoms with Gasteiger partial charge in [0.25, 0.3) is 0 Å². The highest BCUT2D eigenvalue weighted by Gasteiger charge is 2.40. The SMILES string of the molecule is COc1cc2c(cc1OC)[C@@H](c1cccc(Cl)c1)[NH+](C1Cc3ccccc3C1)CC2. The van der Waals surface area contributed by atoms with Crippen molar-refractivity contribution in [3.05, 3.63) is 93.5 Å². The average Bonchev–Trinajstić information content (AvgIpc) is 3.21. The van der Waals surface area contributed by atoms with Crippen LogP contribution in [0.3, 0.4) is 0 Å². The second kappa shape index (κ2) is 7.98. The Hall–Kier alpha value is -2.49. The average molecular weight is 421 g/mol. The number of ether oxygens (including phenoxy) is 2. The highest BCUT2D eigenvalue weighted by Crippen LogP contribution is 2.37. The molecule has 1 unspecified atom stereocenters. The van der Waals surface area contributed by atoms with Gasteiger partial charge < -0.3 is 14.4 Å². The van der Waals surface area contributed by atoms with E-state index in [1.807, 2.05) is 6.07 Å². The summed E-state index contributed by atoms with van der Waals surface area (Å²) < 4.78 is 11.2. The minimum atomic E-state index is 0.228. The summed E-state index contributed by atoms with van der Waals surface area (Å²) in [6, 6.07) is 22.4. The molecule has 1 heterocycles. The number of methoxy groups -OCH3 is 2. The Kier molecular flexibility index (Phi) is 5.18. The Morgan fingerprint density at radius 1 is 0.833 bits per heavy atom. The zero-order valence-corrected chi connectivity index (χ0v) is 18.2. The van der Waals surface area contributed by atoms with Gasteiger partial charge >= 0.3 is 0 Å². The van der Waals surface area contributed by atoms with Crippen LogP contribution in [0.5, 0.6) is 11.5 Å². The number of hydrogen-bond donors (Lipinski definition) is 1. The molecule has 4 heteroatoms. The van der Waals surface area contributed by atoms with Crippen LogP contribution in [0.25, 0.3) is 0 Å². The Bertz CT molecular complexity index is 1060. The lowest BCUT2D eigenvalue weighted by molar-refractivity contribution is -0.951. The predicted molar refractivity (Wildman–Crippen MR) is 120 cm³/mol. The van der Waals surface area contributed by atoms with Gasteiger partial charge in [-0.15, -0.1) is 0 Å². The molecule has 1 N–H and O–H groups in total. The van der Waals surface area contributed by atoms with Crippen LogP contribution >= 0.6 is 11.6 Å². The zero-order chi connectivity index (χ0) is 20.7. The molecule has 2 atom stereocenters. The van der Waals surface area contributed by atoms with E-state index in [1.54, 1.807) is 19.1 Å². The number of hydrogen-bond acceptors (Lipinski definition) is 2. The van der Waals surface area contributed by atoms with Crippen molar-refractivity contribution >= 4 is 11.6 Å². The van der Waals surface area contributed by atoms with Crippen molar-refractivity contribution in [2.24, 2.45) is 0 Å². The predicted octanol–water partition coefficient (Wildman–Crippen LogP) is 4.06. The standard InChI is InChI=1S/C26H26ClNO2/c1-29-24-15-19-10-11-28(22-13-17-6-3-4-7-18(17)14-22)26(23(19)16-25(24)30-2)20-8-5-9-21(27)12-20/h3-9,12,15-16,22,26H,10-11,13-14H2,1-2H3/p+1/t26-/m1/s1. The van der Waals surface area contributed by atoms with E-state index in [-0.39, 0.29) is 6.04 Å². The van der Waals surface area contributed by atoms with Crippen LogP contribution in [-0.2, 0) is 19.3 Å². The molecule has 0 spiro atoms. The third-order valence-corrected chi connectivity index (χ3v) is 7.00. The number of halogens is 1. The Morgan fingerprint density at radius 2 is 1.53 bits per heavy atom. The van der Waals surface area contributed by atoms with Crippen molar-refractivity contribution in [3.63, 3.8) is 0 Å². The van der Waals surface area contributed by atoms with E-state index in [2.05, 4.69) is 54.6 Å². The fourth-order valence-corrected chi connectivity index (χ4v) is 5.58. The summed E-state index contributed by atoms with van der Waals surface area (Å²) in [4.78, 5) is 1.62. The minimum absolute atomic E-state index is 0.228. The maximum Gasteiger partial charge on any atom is 0.161 e. The molecule has 0 saturated carbocycles. The van der Waals surface area contributed by atoms with Gasteiger partial charge in [-0.05, 0) is 41.0 Å². The molecule has 0 fully saturated rings. The van der Waals surface area contributed by atoms with Crippen molar-refractivity contribution in [1.82, 2.24) is 0 Å². The van der Waals surface area contributed by atoms with Crippen molar-refractivity contribution in [2.45, 2.75) is 31.3 Å². The molecule has 0 saturated heterocycles. The molecule has 3 aromatic rings. The van der Waals surface area contributed by atoms with Crippen molar-refractivity contribution in [2.75, 3.05) is 20.8 Å². The molecule has 5 rings (SSSR count). The van der Waals surface area contributed by atoms with Crippen molar-refractivity contribution in [3.8, 4) is 11.5 Å². The van der Waals surface area contributed by atoms with Gasteiger partial charge in [0.1, 0.15) is 6.04 Å². The first-order chi connectivity index (χ1) is 14.7. The van der Waals surface area contributed by atoms with Gasteiger partial charge in [0.05, 0.1) is 26.8 Å². The molecular formula is C26H27ClNO2+. The van der Waals surface area contributed by atoms with Gasteiger partial charge in [-0.3, -0.25) is 0 Å². The van der Waals surface area contributed by atoms with Gasteiger partial charge in [-0.2, -0.15) is 0 Å². The van der Waals surface area contributed by atoms with E-state index in [9.17, 15) is 0 Å². The van der Waals surface area contributed by atoms with Crippen LogP contribution in [0, 0.1) is 0 Å². The third-order valence-electron chi connectivity index (χ3n) is 6.77. The van der Waals surface area contributed by atoms with Crippen LogP contribution in [-0.4, -0.2) is 26.8 Å². The second-order valence-electron chi connectivity index (χ2n) is 8.34. The first kappa shape index (κ1) is 19.5. The largest absolute Gasteiger partial charge is 0.493 e. The lowest BCUT2D eigenvalue weighted by Gasteiger charge is -2.38. The normalized spacial score (nSPS) is 20.5. The molecule has 2 aliphatic rings. The van der Waals surface area contributed by atoms with Crippen LogP contribution < -0.4 is 14.4 Å². The fourth-order valence-electron chi connectivity index (χ4n) is 5.39. The smallest absolute Gasteiger partial charge is 0.161 e. The second-order valence-corrected chi connectivity index (χ2v) is 8.78. The van der Waals surface area contributed by atoms with Gasteiger partial charge in [0.15, 0.2) is 11.5 Å². The molecule has 1 aliphatic heterocycles. The fraction of sp³-hybridized carbons (Fsp3) is 0.308. The molecule has 154 valence electrons. The van der Waals surface area contributed by atoms with Gasteiger partial charge in [0.2, 0.25) is 0 Å². The maximum atomic E-state index is 6.42. The number of quaternary nitrogens is 1. The maximum absolute atomic E-state index is 6.42. The van der Waals surface area contributed by atoms with Crippen LogP contribution in [0.15, 0.2) is 60.7 Å². The number of benzene rings is 3. The van der Waals surface area contributed by atoms with Crippen LogP contribution in [0.2, 0.25) is 5.02 Å². The van der Waals surface area contributed by atoms with E-state index in [4.69, 9.17) is 21.1 Å². The summed E-state index contributed by atoms with van der Waals surface area (Å²) in [6.07, 6.45) is 3.30. The molecule has 3 nitrogen and oxygen atoms in total. The number of nitrogens with one attached hydrogen (secondary N) is 1. The molecule has 1 aliphatic carbocycles. The van der Waals surface area contributed by atoms with Gasteiger partial charge in [-0.1, -0.05) is 48.0 Å². The molecular weight excluding hydrogens is 394 g/mol. The first-order valence-corrected chi connectivity index (χ1v) is 11.0. The summed E-state index contributed by atoms with van der Waals surface area (Å²) in [6.45, 7) is 1.10. The number of rotatable bonds is 4. The van der Waals surface area contributed by atoms with E-state index < -0.39 is 0 Å². The summed E-state index contributed by atoms with van der Waals surface area (Å²) in [7, 11) is 3.41. The van der Waals surface area contributed by atoms with Gasteiger partial charge in [-0.25, -0.2) is 0 Å². The van der Waals surface area contributed by atoms with Crippen LogP contribution in [0.1, 0.15) is 33.9 Å². The van der Waals surface area contributed by atoms with Crippen molar-refractivity contribution < 1.29 is 14.4 Å². The van der Waals surface area contributed by atoms with E-state index in [0.29, 0.717) is 6.04 Å². The number of fused-ring (bicyclic) bond motifs is 2. The Morgan fingerprint density at radius 3 is 2.20 bits per heavy atom. The first-order valence-electron chi connectivity index (χ1n) is 10.6. The van der Waals surface area contributed by atoms with E-state index in [1.165, 1.54) is 27.8 Å². The Labute approximate surface area is 183 Å². The monoisotopic (exact) mass is 420 g/mol. The van der Waals surface area contributed by atoms with E-state index >= 15 is 0 Å². The molecule has 3 aromatic carbocycles. The summed E-state index contributed by atoms with van der Waals surface area (Å²) in [5, 5.41) is 0.786. The molecule has 0 radical (unpaired) electrons. The Balaban J connectivity index is 1.60. The molecule has 30 heavy (non-hydrogen) atoms. The molecule has 0 aromatic heterocycles.